The molecule has 122 valence electrons. The van der Waals surface area contributed by atoms with Crippen LogP contribution in [0.4, 0.5) is 5.69 Å². The molecule has 4 nitrogen and oxygen atoms in total. The van der Waals surface area contributed by atoms with Crippen molar-refractivity contribution >= 4 is 29.6 Å². The first-order valence-corrected chi connectivity index (χ1v) is 11.0. The second-order valence-electron chi connectivity index (χ2n) is 6.22. The van der Waals surface area contributed by atoms with E-state index in [1.165, 1.54) is 23.9 Å². The molecule has 0 amide bonds. The van der Waals surface area contributed by atoms with Crippen molar-refractivity contribution in [3.8, 4) is 0 Å². The number of para-hydroxylation sites is 1. The zero-order chi connectivity index (χ0) is 15.9. The van der Waals surface area contributed by atoms with E-state index in [0.717, 1.165) is 43.8 Å². The summed E-state index contributed by atoms with van der Waals surface area (Å²) >= 11 is 6.10. The molecule has 0 bridgehead atoms. The summed E-state index contributed by atoms with van der Waals surface area (Å²) in [5, 5.41) is 6.15. The number of allylic oxidation sites excluding steroid dienone is 2. The molecule has 3 aliphatic rings. The van der Waals surface area contributed by atoms with Gasteiger partial charge >= 0.3 is 0 Å². The number of hydrazone groups is 1. The van der Waals surface area contributed by atoms with Gasteiger partial charge in [0.15, 0.2) is 0 Å². The minimum absolute atomic E-state index is 1.01. The molecule has 1 aromatic rings. The van der Waals surface area contributed by atoms with E-state index in [-0.39, 0.29) is 0 Å². The number of nitrogens with zero attached hydrogens (tertiary/aromatic N) is 3. The Kier molecular flexibility index (Phi) is 4.04. The Morgan fingerprint density at radius 1 is 1.09 bits per heavy atom. The molecule has 1 saturated heterocycles. The van der Waals surface area contributed by atoms with Crippen LogP contribution >= 0.6 is 6.42 Å². The first-order chi connectivity index (χ1) is 11.2. The third-order valence-electron chi connectivity index (χ3n) is 4.84. The second-order valence-corrected chi connectivity index (χ2v) is 9.93. The maximum atomic E-state index is 6.10. The van der Waals surface area contributed by atoms with E-state index in [4.69, 9.17) is 21.4 Å². The van der Waals surface area contributed by atoms with E-state index in [0.29, 0.717) is 0 Å². The van der Waals surface area contributed by atoms with Crippen molar-refractivity contribution in [1.29, 1.82) is 0 Å². The zero-order valence-corrected chi connectivity index (χ0v) is 15.2. The molecule has 2 aliphatic heterocycles. The Morgan fingerprint density at radius 3 is 2.52 bits per heavy atom. The van der Waals surface area contributed by atoms with E-state index in [1.807, 2.05) is 23.0 Å². The van der Waals surface area contributed by atoms with Gasteiger partial charge in [0.2, 0.25) is 6.42 Å². The number of benzene rings is 1. The molecule has 1 aliphatic carbocycles. The number of anilines is 1. The first-order valence-electron chi connectivity index (χ1n) is 8.32. The molecule has 0 N–H and O–H groups in total. The molecule has 23 heavy (non-hydrogen) atoms. The molecule has 0 aromatic heterocycles. The quantitative estimate of drug-likeness (QED) is 0.762. The summed E-state index contributed by atoms with van der Waals surface area (Å²) in [6.07, 6.45) is 3.52. The van der Waals surface area contributed by atoms with Crippen molar-refractivity contribution in [2.45, 2.75) is 32.1 Å². The lowest BCUT2D eigenvalue weighted by atomic mass is 10.0. The molecule has 0 spiro atoms. The fourth-order valence-electron chi connectivity index (χ4n) is 3.75. The molecular weight excluding hydrogens is 325 g/mol. The highest BCUT2D eigenvalue weighted by molar-refractivity contribution is 8.15. The van der Waals surface area contributed by atoms with Gasteiger partial charge in [-0.15, -0.1) is 0 Å². The molecule has 0 saturated carbocycles. The Bertz CT molecular complexity index is 710. The first kappa shape index (κ1) is 15.4. The average molecular weight is 347 g/mol. The molecule has 1 atom stereocenters. The van der Waals surface area contributed by atoms with Gasteiger partial charge in [-0.1, -0.05) is 18.2 Å². The molecule has 6 heteroatoms. The predicted molar refractivity (Wildman–Crippen MR) is 99.3 cm³/mol. The smallest absolute Gasteiger partial charge is 0.209 e. The summed E-state index contributed by atoms with van der Waals surface area (Å²) in [7, 11) is 1.75. The lowest BCUT2D eigenvalue weighted by molar-refractivity contribution is 0.400. The van der Waals surface area contributed by atoms with Gasteiger partial charge < -0.3 is 9.42 Å². The van der Waals surface area contributed by atoms with Gasteiger partial charge in [0, 0.05) is 25.9 Å². The lowest BCUT2D eigenvalue weighted by Gasteiger charge is -2.32. The largest absolute Gasteiger partial charge is 0.374 e. The topological polar surface area (TPSA) is 28.1 Å². The molecule has 1 fully saturated rings. The summed E-state index contributed by atoms with van der Waals surface area (Å²) in [6, 6.07) is 10.2. The van der Waals surface area contributed by atoms with Crippen molar-refractivity contribution < 1.29 is 4.52 Å². The van der Waals surface area contributed by atoms with Crippen molar-refractivity contribution in [1.82, 2.24) is 4.90 Å². The fraction of sp³-hybridized carbons (Fsp3) is 0.471. The highest BCUT2D eigenvalue weighted by Crippen LogP contribution is 2.66. The lowest BCUT2D eigenvalue weighted by Crippen LogP contribution is -2.25. The van der Waals surface area contributed by atoms with Crippen LogP contribution in [0.15, 0.2) is 46.4 Å². The maximum Gasteiger partial charge on any atom is 0.209 e. The molecule has 2 heterocycles. The van der Waals surface area contributed by atoms with Crippen LogP contribution in [0.5, 0.6) is 0 Å². The fourth-order valence-corrected chi connectivity index (χ4v) is 7.03. The highest BCUT2D eigenvalue weighted by atomic mass is 32.4. The number of hydrogen-bond acceptors (Lipinski definition) is 4. The van der Waals surface area contributed by atoms with E-state index in [2.05, 4.69) is 17.0 Å². The van der Waals surface area contributed by atoms with E-state index in [1.54, 1.807) is 7.11 Å². The number of fused-ring (bicyclic) bond motifs is 1. The average Bonchev–Trinajstić information content (AvgIpc) is 3.23. The minimum atomic E-state index is -2.32. The van der Waals surface area contributed by atoms with Gasteiger partial charge in [0.05, 0.1) is 16.7 Å². The monoisotopic (exact) mass is 347 g/mol. The summed E-state index contributed by atoms with van der Waals surface area (Å²) in [6.45, 7) is 2.30. The molecule has 0 unspecified atom stereocenters. The summed E-state index contributed by atoms with van der Waals surface area (Å²) in [5.41, 5.74) is 3.61. The van der Waals surface area contributed by atoms with Gasteiger partial charge in [-0.25, -0.2) is 4.78 Å². The third kappa shape index (κ3) is 2.46. The van der Waals surface area contributed by atoms with Gasteiger partial charge in [-0.2, -0.15) is 5.10 Å². The molecule has 0 radical (unpaired) electrons. The van der Waals surface area contributed by atoms with Crippen LogP contribution in [0.2, 0.25) is 0 Å². The normalized spacial score (nSPS) is 27.4. The van der Waals surface area contributed by atoms with E-state index < -0.39 is 6.42 Å². The minimum Gasteiger partial charge on any atom is -0.374 e. The van der Waals surface area contributed by atoms with Crippen LogP contribution in [0.25, 0.3) is 0 Å². The summed E-state index contributed by atoms with van der Waals surface area (Å²) in [4.78, 5) is 2.53. The predicted octanol–water partition coefficient (Wildman–Crippen LogP) is 4.31. The van der Waals surface area contributed by atoms with Crippen LogP contribution in [0.1, 0.15) is 32.1 Å². The maximum absolute atomic E-state index is 6.10. The summed E-state index contributed by atoms with van der Waals surface area (Å²) < 4.78 is 7.97. The SMILES string of the molecule is CO[P@@]1(=S)C2=C(N3CCCC3)CCCC2=NN1c1ccccc1. The highest BCUT2D eigenvalue weighted by Gasteiger charge is 2.44. The number of likely N-dealkylation sites (tertiary alicyclic amines) is 1. The van der Waals surface area contributed by atoms with E-state index >= 15 is 0 Å². The van der Waals surface area contributed by atoms with E-state index in [9.17, 15) is 0 Å². The van der Waals surface area contributed by atoms with Crippen LogP contribution < -0.4 is 4.78 Å². The van der Waals surface area contributed by atoms with Crippen LogP contribution in [-0.2, 0) is 16.3 Å². The van der Waals surface area contributed by atoms with Crippen molar-refractivity contribution in [2.75, 3.05) is 25.0 Å². The van der Waals surface area contributed by atoms with Crippen LogP contribution in [0, 0.1) is 0 Å². The van der Waals surface area contributed by atoms with Gasteiger partial charge in [0.25, 0.3) is 0 Å². The Labute approximate surface area is 143 Å². The molecule has 4 rings (SSSR count). The Morgan fingerprint density at radius 2 is 1.83 bits per heavy atom. The third-order valence-corrected chi connectivity index (χ3v) is 8.70. The van der Waals surface area contributed by atoms with Gasteiger partial charge in [0.1, 0.15) is 0 Å². The van der Waals surface area contributed by atoms with Crippen LogP contribution in [0.3, 0.4) is 0 Å². The van der Waals surface area contributed by atoms with Crippen LogP contribution in [-0.4, -0.2) is 30.8 Å². The second kappa shape index (κ2) is 6.04. The van der Waals surface area contributed by atoms with Gasteiger partial charge in [-0.3, -0.25) is 0 Å². The zero-order valence-electron chi connectivity index (χ0n) is 13.4. The van der Waals surface area contributed by atoms with Crippen molar-refractivity contribution in [3.05, 3.63) is 41.3 Å². The molecule has 1 aromatic carbocycles. The standard InChI is InChI=1S/C17H22N3OPS/c1-21-22(23)17-15(18-20(22)14-8-3-2-4-9-14)10-7-11-16(17)19-12-5-6-13-19/h2-4,8-9H,5-7,10-13H2,1H3/t22-/m1/s1. The Balaban J connectivity index is 1.84. The van der Waals surface area contributed by atoms with Crippen molar-refractivity contribution in [2.24, 2.45) is 5.10 Å². The number of rotatable bonds is 3. The van der Waals surface area contributed by atoms with Crippen molar-refractivity contribution in [3.63, 3.8) is 0 Å². The Hall–Kier alpha value is -1.16. The summed E-state index contributed by atoms with van der Waals surface area (Å²) in [5.74, 6) is 0. The van der Waals surface area contributed by atoms with Gasteiger partial charge in [-0.05, 0) is 56.0 Å². The molecular formula is C17H22N3OPS. The number of hydrogen-bond donors (Lipinski definition) is 0.